The lowest BCUT2D eigenvalue weighted by molar-refractivity contribution is 0.0255. The van der Waals surface area contributed by atoms with Crippen LogP contribution in [0, 0.1) is 13.8 Å². The van der Waals surface area contributed by atoms with Gasteiger partial charge in [-0.25, -0.2) is 9.97 Å². The van der Waals surface area contributed by atoms with Crippen LogP contribution in [0.1, 0.15) is 33.8 Å². The summed E-state index contributed by atoms with van der Waals surface area (Å²) in [5.74, 6) is 0.701. The van der Waals surface area contributed by atoms with Crippen LogP contribution in [0.2, 0.25) is 0 Å². The Bertz CT molecular complexity index is 733. The number of hydrogen-bond acceptors (Lipinski definition) is 6. The number of piperidine rings is 1. The number of amides is 1. The smallest absolute Gasteiger partial charge is 0.261 e. The molecule has 2 N–H and O–H groups in total. The molecule has 0 spiro atoms. The van der Waals surface area contributed by atoms with Crippen molar-refractivity contribution < 1.29 is 9.90 Å². The van der Waals surface area contributed by atoms with Crippen molar-refractivity contribution in [2.24, 2.45) is 0 Å². The molecule has 0 saturated carbocycles. The number of carbonyl (C=O) groups is 1. The topological polar surface area (TPSA) is 78.4 Å². The number of rotatable bonds is 4. The second kappa shape index (κ2) is 6.86. The van der Waals surface area contributed by atoms with E-state index >= 15 is 0 Å². The van der Waals surface area contributed by atoms with Crippen LogP contribution in [0.3, 0.4) is 0 Å². The fraction of sp³-hybridized carbons (Fsp3) is 0.471. The van der Waals surface area contributed by atoms with Crippen molar-refractivity contribution in [2.45, 2.75) is 32.3 Å². The van der Waals surface area contributed by atoms with Crippen molar-refractivity contribution >= 4 is 23.1 Å². The molecule has 6 nitrogen and oxygen atoms in total. The van der Waals surface area contributed by atoms with Crippen molar-refractivity contribution in [3.8, 4) is 0 Å². The fourth-order valence-electron chi connectivity index (χ4n) is 3.00. The third-order valence-corrected chi connectivity index (χ3v) is 5.33. The number of anilines is 1. The van der Waals surface area contributed by atoms with Crippen LogP contribution in [-0.4, -0.2) is 46.2 Å². The summed E-state index contributed by atoms with van der Waals surface area (Å²) in [4.78, 5) is 23.4. The third-order valence-electron chi connectivity index (χ3n) is 4.32. The molecule has 0 aromatic carbocycles. The largest absolute Gasteiger partial charge is 0.386 e. The minimum atomic E-state index is -0.946. The van der Waals surface area contributed by atoms with E-state index in [9.17, 15) is 9.90 Å². The van der Waals surface area contributed by atoms with E-state index in [1.165, 1.54) is 11.3 Å². The van der Waals surface area contributed by atoms with Gasteiger partial charge in [0.05, 0.1) is 10.5 Å². The number of β-amino-alcohol motifs (C(OH)–C–C–N with tert-alkyl or cyclic N) is 1. The number of nitrogens with one attached hydrogen (secondary N) is 1. The van der Waals surface area contributed by atoms with Crippen molar-refractivity contribution in [2.75, 3.05) is 24.5 Å². The molecule has 0 radical (unpaired) electrons. The molecule has 2 aromatic rings. The molecule has 128 valence electrons. The molecule has 0 aliphatic carbocycles. The van der Waals surface area contributed by atoms with Gasteiger partial charge in [0.15, 0.2) is 0 Å². The van der Waals surface area contributed by atoms with Gasteiger partial charge in [-0.05, 0) is 43.7 Å². The highest BCUT2D eigenvalue weighted by atomic mass is 32.1. The van der Waals surface area contributed by atoms with Crippen molar-refractivity contribution in [3.05, 3.63) is 40.0 Å². The number of thiophene rings is 1. The number of aromatic nitrogens is 2. The molecule has 1 atom stereocenters. The summed E-state index contributed by atoms with van der Waals surface area (Å²) in [6.07, 6.45) is 3.06. The zero-order chi connectivity index (χ0) is 17.2. The molecule has 1 aliphatic rings. The van der Waals surface area contributed by atoms with Crippen molar-refractivity contribution in [3.63, 3.8) is 0 Å². The third kappa shape index (κ3) is 3.73. The predicted octanol–water partition coefficient (Wildman–Crippen LogP) is 1.92. The Hall–Kier alpha value is -1.99. The highest BCUT2D eigenvalue weighted by molar-refractivity contribution is 7.12. The van der Waals surface area contributed by atoms with Crippen molar-refractivity contribution in [1.29, 1.82) is 0 Å². The second-order valence-corrected chi connectivity index (χ2v) is 7.30. The first kappa shape index (κ1) is 16.9. The monoisotopic (exact) mass is 346 g/mol. The SMILES string of the molecule is Cc1cc(N2CCC[C@](O)(CNC(=O)c3sccc3C)C2)ncn1. The maximum absolute atomic E-state index is 12.3. The maximum Gasteiger partial charge on any atom is 0.261 e. The van der Waals surface area contributed by atoms with E-state index in [2.05, 4.69) is 20.2 Å². The molecule has 1 saturated heterocycles. The normalized spacial score (nSPS) is 20.9. The van der Waals surface area contributed by atoms with Gasteiger partial charge in [-0.1, -0.05) is 0 Å². The molecule has 7 heteroatoms. The lowest BCUT2D eigenvalue weighted by Crippen LogP contribution is -2.54. The van der Waals surface area contributed by atoms with Crippen molar-refractivity contribution in [1.82, 2.24) is 15.3 Å². The average molecular weight is 346 g/mol. The standard InChI is InChI=1S/C17H22N4O2S/c1-12-4-7-24-15(12)16(22)18-9-17(23)5-3-6-21(10-17)14-8-13(2)19-11-20-14/h4,7-8,11,23H,3,5-6,9-10H2,1-2H3,(H,18,22)/t17-/m0/s1. The van der Waals surface area contributed by atoms with Gasteiger partial charge in [-0.3, -0.25) is 4.79 Å². The van der Waals surface area contributed by atoms with Crippen LogP contribution in [0.4, 0.5) is 5.82 Å². The molecule has 1 amide bonds. The van der Waals surface area contributed by atoms with E-state index in [-0.39, 0.29) is 12.5 Å². The van der Waals surface area contributed by atoms with Crippen LogP contribution in [-0.2, 0) is 0 Å². The predicted molar refractivity (Wildman–Crippen MR) is 94.6 cm³/mol. The first-order chi connectivity index (χ1) is 11.5. The summed E-state index contributed by atoms with van der Waals surface area (Å²) in [6, 6.07) is 3.84. The Labute approximate surface area is 145 Å². The number of nitrogens with zero attached hydrogens (tertiary/aromatic N) is 3. The molecule has 1 aliphatic heterocycles. The summed E-state index contributed by atoms with van der Waals surface area (Å²) < 4.78 is 0. The number of aliphatic hydroxyl groups is 1. The summed E-state index contributed by atoms with van der Waals surface area (Å²) in [6.45, 7) is 5.37. The van der Waals surface area contributed by atoms with Gasteiger partial charge in [-0.2, -0.15) is 0 Å². The van der Waals surface area contributed by atoms with Gasteiger partial charge in [-0.15, -0.1) is 11.3 Å². The molecule has 24 heavy (non-hydrogen) atoms. The number of carbonyl (C=O) groups excluding carboxylic acids is 1. The van der Waals surface area contributed by atoms with Gasteiger partial charge < -0.3 is 15.3 Å². The lowest BCUT2D eigenvalue weighted by atomic mass is 9.92. The molecular formula is C17H22N4O2S. The zero-order valence-corrected chi connectivity index (χ0v) is 14.8. The van der Waals surface area contributed by atoms with Crippen LogP contribution in [0.25, 0.3) is 0 Å². The van der Waals surface area contributed by atoms with E-state index in [1.807, 2.05) is 31.4 Å². The number of aryl methyl sites for hydroxylation is 2. The Morgan fingerprint density at radius 2 is 2.29 bits per heavy atom. The molecule has 2 aromatic heterocycles. The number of hydrogen-bond donors (Lipinski definition) is 2. The van der Waals surface area contributed by atoms with E-state index in [4.69, 9.17) is 0 Å². The van der Waals surface area contributed by atoms with E-state index in [0.29, 0.717) is 17.8 Å². The minimum Gasteiger partial charge on any atom is -0.386 e. The maximum atomic E-state index is 12.3. The van der Waals surface area contributed by atoms with E-state index in [0.717, 1.165) is 30.0 Å². The average Bonchev–Trinajstić information content (AvgIpc) is 2.99. The van der Waals surface area contributed by atoms with Gasteiger partial charge >= 0.3 is 0 Å². The van der Waals surface area contributed by atoms with Gasteiger partial charge in [0.1, 0.15) is 12.1 Å². The van der Waals surface area contributed by atoms with Crippen LogP contribution >= 0.6 is 11.3 Å². The quantitative estimate of drug-likeness (QED) is 0.884. The van der Waals surface area contributed by atoms with E-state index < -0.39 is 5.60 Å². The molecule has 0 bridgehead atoms. The highest BCUT2D eigenvalue weighted by Crippen LogP contribution is 2.25. The molecule has 0 unspecified atom stereocenters. The summed E-state index contributed by atoms with van der Waals surface area (Å²) in [7, 11) is 0. The Morgan fingerprint density at radius 3 is 3.00 bits per heavy atom. The summed E-state index contributed by atoms with van der Waals surface area (Å²) >= 11 is 1.42. The van der Waals surface area contributed by atoms with Crippen LogP contribution in [0.15, 0.2) is 23.8 Å². The first-order valence-corrected chi connectivity index (χ1v) is 8.93. The van der Waals surface area contributed by atoms with E-state index in [1.54, 1.807) is 6.33 Å². The molecular weight excluding hydrogens is 324 g/mol. The minimum absolute atomic E-state index is 0.120. The zero-order valence-electron chi connectivity index (χ0n) is 14.0. The lowest BCUT2D eigenvalue weighted by Gasteiger charge is -2.39. The second-order valence-electron chi connectivity index (χ2n) is 6.38. The Kier molecular flexibility index (Phi) is 4.82. The van der Waals surface area contributed by atoms with Crippen LogP contribution < -0.4 is 10.2 Å². The Morgan fingerprint density at radius 1 is 1.46 bits per heavy atom. The molecule has 3 rings (SSSR count). The van der Waals surface area contributed by atoms with Gasteiger partial charge in [0.2, 0.25) is 0 Å². The van der Waals surface area contributed by atoms with Gasteiger partial charge in [0.25, 0.3) is 5.91 Å². The van der Waals surface area contributed by atoms with Crippen LogP contribution in [0.5, 0.6) is 0 Å². The van der Waals surface area contributed by atoms with Gasteiger partial charge in [0, 0.05) is 31.4 Å². The Balaban J connectivity index is 1.64. The fourth-order valence-corrected chi connectivity index (χ4v) is 3.84. The highest BCUT2D eigenvalue weighted by Gasteiger charge is 2.34. The summed E-state index contributed by atoms with van der Waals surface area (Å²) in [5, 5.41) is 15.7. The molecule has 3 heterocycles. The molecule has 1 fully saturated rings. The first-order valence-electron chi connectivity index (χ1n) is 8.05. The summed E-state index contributed by atoms with van der Waals surface area (Å²) in [5.41, 5.74) is 0.916.